The second kappa shape index (κ2) is 8.41. The van der Waals surface area contributed by atoms with Crippen molar-refractivity contribution in [3.63, 3.8) is 0 Å². The number of unbranched alkanes of at least 4 members (excludes halogenated alkanes) is 1. The summed E-state index contributed by atoms with van der Waals surface area (Å²) < 4.78 is 5.29. The molecule has 3 rings (SSSR count). The number of ether oxygens (including phenoxy) is 1. The first-order chi connectivity index (χ1) is 12.2. The lowest BCUT2D eigenvalue weighted by atomic mass is 9.89. The zero-order valence-electron chi connectivity index (χ0n) is 15.5. The Kier molecular flexibility index (Phi) is 6.00. The standard InChI is InChI=1S/C21H30N2O2/c1-3-4-9-15-10-7-5-6-8-11-18-17(15)12-16(22-18)13-19-20(25-2)14-21(24)23-19/h12-15,22H,3-11H2,1-2H3,(H,23,24)/b19-13-. The van der Waals surface area contributed by atoms with Gasteiger partial charge in [-0.1, -0.05) is 39.0 Å². The molecule has 0 spiro atoms. The van der Waals surface area contributed by atoms with E-state index in [9.17, 15) is 4.79 Å². The fourth-order valence-electron chi connectivity index (χ4n) is 4.00. The highest BCUT2D eigenvalue weighted by Gasteiger charge is 2.21. The fourth-order valence-corrected chi connectivity index (χ4v) is 4.00. The molecule has 0 saturated heterocycles. The monoisotopic (exact) mass is 342 g/mol. The van der Waals surface area contributed by atoms with Crippen LogP contribution in [0.3, 0.4) is 0 Å². The molecule has 0 saturated carbocycles. The molecule has 0 radical (unpaired) electrons. The summed E-state index contributed by atoms with van der Waals surface area (Å²) in [7, 11) is 1.60. The third-order valence-corrected chi connectivity index (χ3v) is 5.34. The van der Waals surface area contributed by atoms with Crippen molar-refractivity contribution in [3.8, 4) is 0 Å². The molecule has 2 heterocycles. The molecule has 136 valence electrons. The third-order valence-electron chi connectivity index (χ3n) is 5.34. The van der Waals surface area contributed by atoms with Gasteiger partial charge in [-0.2, -0.15) is 0 Å². The van der Waals surface area contributed by atoms with Crippen molar-refractivity contribution in [3.05, 3.63) is 40.5 Å². The van der Waals surface area contributed by atoms with Crippen LogP contribution in [0.25, 0.3) is 6.08 Å². The van der Waals surface area contributed by atoms with Crippen molar-refractivity contribution in [2.75, 3.05) is 7.11 Å². The Bertz CT molecular complexity index is 669. The second-order valence-electron chi connectivity index (χ2n) is 7.21. The Balaban J connectivity index is 1.88. The first-order valence-corrected chi connectivity index (χ1v) is 9.71. The largest absolute Gasteiger partial charge is 0.494 e. The maximum absolute atomic E-state index is 11.6. The van der Waals surface area contributed by atoms with Crippen molar-refractivity contribution in [2.45, 2.75) is 70.6 Å². The van der Waals surface area contributed by atoms with E-state index in [0.29, 0.717) is 11.7 Å². The van der Waals surface area contributed by atoms with E-state index in [-0.39, 0.29) is 5.91 Å². The van der Waals surface area contributed by atoms with Gasteiger partial charge in [-0.05, 0) is 49.3 Å². The van der Waals surface area contributed by atoms with E-state index in [1.165, 1.54) is 68.7 Å². The van der Waals surface area contributed by atoms with Gasteiger partial charge in [0.15, 0.2) is 0 Å². The molecule has 1 atom stereocenters. The van der Waals surface area contributed by atoms with E-state index < -0.39 is 0 Å². The third kappa shape index (κ3) is 4.36. The predicted molar refractivity (Wildman–Crippen MR) is 101 cm³/mol. The summed E-state index contributed by atoms with van der Waals surface area (Å²) in [5.74, 6) is 1.14. The topological polar surface area (TPSA) is 54.1 Å². The van der Waals surface area contributed by atoms with Crippen LogP contribution in [-0.2, 0) is 16.0 Å². The molecule has 0 bridgehead atoms. The van der Waals surface area contributed by atoms with Gasteiger partial charge in [0.25, 0.3) is 5.91 Å². The van der Waals surface area contributed by atoms with Gasteiger partial charge in [0.1, 0.15) is 5.76 Å². The summed E-state index contributed by atoms with van der Waals surface area (Å²) in [4.78, 5) is 15.2. The highest BCUT2D eigenvalue weighted by Crippen LogP contribution is 2.34. The Morgan fingerprint density at radius 1 is 1.28 bits per heavy atom. The lowest BCUT2D eigenvalue weighted by molar-refractivity contribution is -0.115. The molecule has 1 aliphatic carbocycles. The summed E-state index contributed by atoms with van der Waals surface area (Å²) in [5.41, 5.74) is 4.69. The van der Waals surface area contributed by atoms with Crippen molar-refractivity contribution in [1.29, 1.82) is 0 Å². The molecule has 1 aromatic rings. The number of methoxy groups -OCH3 is 1. The lowest BCUT2D eigenvalue weighted by Gasteiger charge is -2.16. The van der Waals surface area contributed by atoms with E-state index in [2.05, 4.69) is 23.3 Å². The summed E-state index contributed by atoms with van der Waals surface area (Å²) in [5, 5.41) is 2.85. The smallest absolute Gasteiger partial charge is 0.252 e. The highest BCUT2D eigenvalue weighted by molar-refractivity contribution is 5.95. The van der Waals surface area contributed by atoms with Gasteiger partial charge >= 0.3 is 0 Å². The van der Waals surface area contributed by atoms with Crippen molar-refractivity contribution in [2.24, 2.45) is 0 Å². The van der Waals surface area contributed by atoms with Gasteiger partial charge in [0.2, 0.25) is 0 Å². The number of H-pyrrole nitrogens is 1. The molecule has 4 heteroatoms. The molecule has 1 aromatic heterocycles. The molecule has 25 heavy (non-hydrogen) atoms. The van der Waals surface area contributed by atoms with E-state index in [0.717, 1.165) is 17.8 Å². The number of carbonyl (C=O) groups is 1. The van der Waals surface area contributed by atoms with Crippen molar-refractivity contribution >= 4 is 12.0 Å². The zero-order chi connectivity index (χ0) is 17.6. The molecule has 1 amide bonds. The van der Waals surface area contributed by atoms with Crippen LogP contribution in [0.2, 0.25) is 0 Å². The Hall–Kier alpha value is -1.97. The molecule has 4 nitrogen and oxygen atoms in total. The van der Waals surface area contributed by atoms with E-state index in [1.807, 2.05) is 6.08 Å². The summed E-state index contributed by atoms with van der Waals surface area (Å²) in [6, 6.07) is 2.30. The van der Waals surface area contributed by atoms with Crippen LogP contribution in [0, 0.1) is 0 Å². The summed E-state index contributed by atoms with van der Waals surface area (Å²) in [6.45, 7) is 2.27. The average molecular weight is 342 g/mol. The van der Waals surface area contributed by atoms with Gasteiger partial charge in [-0.25, -0.2) is 0 Å². The molecular formula is C21H30N2O2. The van der Waals surface area contributed by atoms with Crippen molar-refractivity contribution in [1.82, 2.24) is 10.3 Å². The number of aromatic nitrogens is 1. The number of rotatable bonds is 5. The average Bonchev–Trinajstić information content (AvgIpc) is 3.17. The van der Waals surface area contributed by atoms with Gasteiger partial charge in [0, 0.05) is 17.5 Å². The number of carbonyl (C=O) groups excluding carboxylic acids is 1. The number of hydrogen-bond acceptors (Lipinski definition) is 2. The summed E-state index contributed by atoms with van der Waals surface area (Å²) >= 11 is 0. The van der Waals surface area contributed by atoms with E-state index >= 15 is 0 Å². The number of aromatic amines is 1. The van der Waals surface area contributed by atoms with Gasteiger partial charge in [-0.3, -0.25) is 4.79 Å². The van der Waals surface area contributed by atoms with Crippen LogP contribution in [0.15, 0.2) is 23.6 Å². The number of aryl methyl sites for hydroxylation is 1. The van der Waals surface area contributed by atoms with Crippen LogP contribution in [0.4, 0.5) is 0 Å². The number of hydrogen-bond donors (Lipinski definition) is 2. The Morgan fingerprint density at radius 3 is 2.92 bits per heavy atom. The number of nitrogens with one attached hydrogen (secondary N) is 2. The minimum atomic E-state index is -0.120. The normalized spacial score (nSPS) is 22.6. The maximum atomic E-state index is 11.6. The number of fused-ring (bicyclic) bond motifs is 1. The Labute approximate surface area is 150 Å². The van der Waals surface area contributed by atoms with Gasteiger partial charge in [0.05, 0.1) is 12.8 Å². The SMILES string of the molecule is CCCCC1CCCCCCc2[nH]c(/C=C3\NC(=O)C=C3OC)cc21. The molecule has 0 fully saturated rings. The van der Waals surface area contributed by atoms with Crippen LogP contribution in [0.5, 0.6) is 0 Å². The molecule has 2 aliphatic rings. The van der Waals surface area contributed by atoms with Gasteiger partial charge < -0.3 is 15.0 Å². The number of amides is 1. The predicted octanol–water partition coefficient (Wildman–Crippen LogP) is 4.80. The van der Waals surface area contributed by atoms with Crippen LogP contribution < -0.4 is 5.32 Å². The van der Waals surface area contributed by atoms with Crippen LogP contribution in [0.1, 0.15) is 81.2 Å². The zero-order valence-corrected chi connectivity index (χ0v) is 15.5. The second-order valence-corrected chi connectivity index (χ2v) is 7.21. The first kappa shape index (κ1) is 17.8. The van der Waals surface area contributed by atoms with E-state index in [1.54, 1.807) is 7.11 Å². The molecular weight excluding hydrogens is 312 g/mol. The quantitative estimate of drug-likeness (QED) is 0.808. The molecule has 0 aromatic carbocycles. The Morgan fingerprint density at radius 2 is 2.12 bits per heavy atom. The van der Waals surface area contributed by atoms with Crippen LogP contribution in [-0.4, -0.2) is 18.0 Å². The lowest BCUT2D eigenvalue weighted by Crippen LogP contribution is -2.13. The van der Waals surface area contributed by atoms with Gasteiger partial charge in [-0.15, -0.1) is 0 Å². The highest BCUT2D eigenvalue weighted by atomic mass is 16.5. The van der Waals surface area contributed by atoms with Crippen LogP contribution >= 0.6 is 0 Å². The minimum absolute atomic E-state index is 0.120. The maximum Gasteiger partial charge on any atom is 0.252 e. The minimum Gasteiger partial charge on any atom is -0.494 e. The molecule has 2 N–H and O–H groups in total. The first-order valence-electron chi connectivity index (χ1n) is 9.71. The summed E-state index contributed by atoms with van der Waals surface area (Å²) in [6.07, 6.45) is 15.0. The molecule has 1 unspecified atom stereocenters. The van der Waals surface area contributed by atoms with Crippen molar-refractivity contribution < 1.29 is 9.53 Å². The fraction of sp³-hybridized carbons (Fsp3) is 0.571. The van der Waals surface area contributed by atoms with E-state index in [4.69, 9.17) is 4.74 Å². The molecule has 1 aliphatic heterocycles.